The van der Waals surface area contributed by atoms with Gasteiger partial charge in [-0.1, -0.05) is 18.2 Å². The second kappa shape index (κ2) is 6.83. The monoisotopic (exact) mass is 328 g/mol. The number of esters is 1. The number of rotatable bonds is 4. The zero-order valence-corrected chi connectivity index (χ0v) is 13.5. The normalized spacial score (nSPS) is 13.7. The number of aliphatic imine (C=N–C) groups is 1. The zero-order valence-electron chi connectivity index (χ0n) is 12.7. The number of pyridine rings is 1. The molecule has 0 saturated heterocycles. The Labute approximate surface area is 138 Å². The van der Waals surface area contributed by atoms with Gasteiger partial charge in [-0.25, -0.2) is 4.79 Å². The van der Waals surface area contributed by atoms with E-state index in [-0.39, 0.29) is 11.2 Å². The van der Waals surface area contributed by atoms with Crippen LogP contribution in [-0.4, -0.2) is 27.9 Å². The highest BCUT2D eigenvalue weighted by Crippen LogP contribution is 2.16. The molecule has 5 nitrogen and oxygen atoms in total. The SMILES string of the molecule is Cc1cc(=O)c(OC(=O)c2ccccc2)cn1CC1=NCCS1. The van der Waals surface area contributed by atoms with E-state index in [1.807, 2.05) is 17.6 Å². The van der Waals surface area contributed by atoms with Crippen LogP contribution in [0.15, 0.2) is 52.4 Å². The largest absolute Gasteiger partial charge is 0.417 e. The molecule has 1 aromatic carbocycles. The summed E-state index contributed by atoms with van der Waals surface area (Å²) >= 11 is 1.71. The van der Waals surface area contributed by atoms with Gasteiger partial charge in [0.2, 0.25) is 5.43 Å². The van der Waals surface area contributed by atoms with E-state index >= 15 is 0 Å². The lowest BCUT2D eigenvalue weighted by Gasteiger charge is -2.12. The molecule has 2 heterocycles. The van der Waals surface area contributed by atoms with Gasteiger partial charge in [0.1, 0.15) is 0 Å². The predicted molar refractivity (Wildman–Crippen MR) is 91.6 cm³/mol. The van der Waals surface area contributed by atoms with Gasteiger partial charge in [-0.15, -0.1) is 11.8 Å². The van der Waals surface area contributed by atoms with Crippen molar-refractivity contribution < 1.29 is 9.53 Å². The molecule has 0 bridgehead atoms. The molecular weight excluding hydrogens is 312 g/mol. The van der Waals surface area contributed by atoms with E-state index in [1.165, 1.54) is 6.07 Å². The van der Waals surface area contributed by atoms with Crippen LogP contribution in [0.1, 0.15) is 16.1 Å². The van der Waals surface area contributed by atoms with Gasteiger partial charge in [-0.05, 0) is 19.1 Å². The van der Waals surface area contributed by atoms with Crippen molar-refractivity contribution >= 4 is 22.8 Å². The van der Waals surface area contributed by atoms with Gasteiger partial charge >= 0.3 is 5.97 Å². The van der Waals surface area contributed by atoms with Gasteiger partial charge in [0.15, 0.2) is 5.75 Å². The molecule has 6 heteroatoms. The van der Waals surface area contributed by atoms with Gasteiger partial charge in [-0.2, -0.15) is 0 Å². The molecule has 0 aliphatic carbocycles. The Hall–Kier alpha value is -2.34. The highest BCUT2D eigenvalue weighted by Gasteiger charge is 2.14. The van der Waals surface area contributed by atoms with Crippen LogP contribution in [0.2, 0.25) is 0 Å². The van der Waals surface area contributed by atoms with Crippen molar-refractivity contribution in [2.24, 2.45) is 4.99 Å². The van der Waals surface area contributed by atoms with Crippen LogP contribution in [0.5, 0.6) is 5.75 Å². The van der Waals surface area contributed by atoms with E-state index in [4.69, 9.17) is 4.74 Å². The molecule has 0 amide bonds. The lowest BCUT2D eigenvalue weighted by atomic mass is 10.2. The highest BCUT2D eigenvalue weighted by molar-refractivity contribution is 8.14. The summed E-state index contributed by atoms with van der Waals surface area (Å²) in [5.41, 5.74) is 0.920. The number of benzene rings is 1. The quantitative estimate of drug-likeness (QED) is 0.809. The summed E-state index contributed by atoms with van der Waals surface area (Å²) in [6.07, 6.45) is 1.58. The third-order valence-corrected chi connectivity index (χ3v) is 4.45. The fourth-order valence-corrected chi connectivity index (χ4v) is 3.08. The number of aromatic nitrogens is 1. The number of thioether (sulfide) groups is 1. The van der Waals surface area contributed by atoms with E-state index in [1.54, 1.807) is 42.2 Å². The molecule has 0 fully saturated rings. The first-order chi connectivity index (χ1) is 11.1. The van der Waals surface area contributed by atoms with Crippen molar-refractivity contribution in [2.45, 2.75) is 13.5 Å². The maximum atomic E-state index is 12.1. The Bertz CT molecular complexity index is 812. The molecule has 2 aromatic rings. The molecule has 118 valence electrons. The Kier molecular flexibility index (Phi) is 4.62. The number of nitrogens with zero attached hydrogens (tertiary/aromatic N) is 2. The maximum absolute atomic E-state index is 12.1. The Morgan fingerprint density at radius 2 is 2.13 bits per heavy atom. The van der Waals surface area contributed by atoms with Gasteiger partial charge in [0, 0.05) is 24.1 Å². The molecule has 0 N–H and O–H groups in total. The number of carbonyl (C=O) groups is 1. The molecule has 3 rings (SSSR count). The second-order valence-corrected chi connectivity index (χ2v) is 6.32. The lowest BCUT2D eigenvalue weighted by molar-refractivity contribution is 0.0732. The summed E-state index contributed by atoms with van der Waals surface area (Å²) in [5.74, 6) is 0.489. The summed E-state index contributed by atoms with van der Waals surface area (Å²) < 4.78 is 7.15. The zero-order chi connectivity index (χ0) is 16.2. The Morgan fingerprint density at radius 3 is 2.83 bits per heavy atom. The van der Waals surface area contributed by atoms with Crippen LogP contribution in [0.25, 0.3) is 0 Å². The van der Waals surface area contributed by atoms with Crippen LogP contribution >= 0.6 is 11.8 Å². The first kappa shape index (κ1) is 15.6. The summed E-state index contributed by atoms with van der Waals surface area (Å²) in [7, 11) is 0. The number of aryl methyl sites for hydroxylation is 1. The number of ether oxygens (including phenoxy) is 1. The van der Waals surface area contributed by atoms with E-state index in [9.17, 15) is 9.59 Å². The minimum atomic E-state index is -0.536. The Morgan fingerprint density at radius 1 is 1.35 bits per heavy atom. The van der Waals surface area contributed by atoms with Crippen LogP contribution in [-0.2, 0) is 6.54 Å². The molecule has 1 aliphatic rings. The Balaban J connectivity index is 1.84. The minimum absolute atomic E-state index is 0.0352. The number of hydrogen-bond acceptors (Lipinski definition) is 5. The predicted octanol–water partition coefficient (Wildman–Crippen LogP) is 2.52. The molecule has 0 saturated carbocycles. The summed E-state index contributed by atoms with van der Waals surface area (Å²) in [6, 6.07) is 10.1. The van der Waals surface area contributed by atoms with E-state index < -0.39 is 5.97 Å². The molecule has 1 aromatic heterocycles. The minimum Gasteiger partial charge on any atom is -0.417 e. The third kappa shape index (κ3) is 3.71. The van der Waals surface area contributed by atoms with Crippen LogP contribution in [0.3, 0.4) is 0 Å². The summed E-state index contributed by atoms with van der Waals surface area (Å²) in [6.45, 7) is 3.27. The van der Waals surface area contributed by atoms with E-state index in [2.05, 4.69) is 4.99 Å². The fourth-order valence-electron chi connectivity index (χ4n) is 2.25. The van der Waals surface area contributed by atoms with Crippen LogP contribution in [0, 0.1) is 6.92 Å². The van der Waals surface area contributed by atoms with Crippen molar-refractivity contribution in [2.75, 3.05) is 12.3 Å². The van der Waals surface area contributed by atoms with Gasteiger partial charge < -0.3 is 9.30 Å². The van der Waals surface area contributed by atoms with E-state index in [0.29, 0.717) is 12.1 Å². The number of carbonyl (C=O) groups excluding carboxylic acids is 1. The molecule has 0 unspecified atom stereocenters. The lowest BCUT2D eigenvalue weighted by Crippen LogP contribution is -2.19. The van der Waals surface area contributed by atoms with Crippen molar-refractivity contribution in [3.8, 4) is 5.75 Å². The van der Waals surface area contributed by atoms with Crippen molar-refractivity contribution in [1.82, 2.24) is 4.57 Å². The van der Waals surface area contributed by atoms with Gasteiger partial charge in [-0.3, -0.25) is 9.79 Å². The van der Waals surface area contributed by atoms with Gasteiger partial charge in [0.25, 0.3) is 0 Å². The number of hydrogen-bond donors (Lipinski definition) is 0. The molecular formula is C17H16N2O3S. The van der Waals surface area contributed by atoms with Crippen LogP contribution < -0.4 is 10.2 Å². The molecule has 23 heavy (non-hydrogen) atoms. The molecule has 0 atom stereocenters. The average molecular weight is 328 g/mol. The maximum Gasteiger partial charge on any atom is 0.343 e. The van der Waals surface area contributed by atoms with Crippen molar-refractivity contribution in [1.29, 1.82) is 0 Å². The average Bonchev–Trinajstić information content (AvgIpc) is 3.06. The molecule has 0 spiro atoms. The highest BCUT2D eigenvalue weighted by atomic mass is 32.2. The summed E-state index contributed by atoms with van der Waals surface area (Å²) in [4.78, 5) is 28.6. The van der Waals surface area contributed by atoms with E-state index in [0.717, 1.165) is 23.0 Å². The molecule has 0 radical (unpaired) electrons. The van der Waals surface area contributed by atoms with Gasteiger partial charge in [0.05, 0.1) is 23.3 Å². The second-order valence-electron chi connectivity index (χ2n) is 5.15. The van der Waals surface area contributed by atoms with Crippen molar-refractivity contribution in [3.05, 3.63) is 64.1 Å². The van der Waals surface area contributed by atoms with Crippen molar-refractivity contribution in [3.63, 3.8) is 0 Å². The smallest absolute Gasteiger partial charge is 0.343 e. The first-order valence-electron chi connectivity index (χ1n) is 7.28. The standard InChI is InChI=1S/C17H16N2O3S/c1-12-9-14(20)15(10-19(12)11-16-18-7-8-23-16)22-17(21)13-5-3-2-4-6-13/h2-6,9-10H,7-8,11H2,1H3. The first-order valence-corrected chi connectivity index (χ1v) is 8.26. The third-order valence-electron chi connectivity index (χ3n) is 3.47. The van der Waals surface area contributed by atoms with Crippen LogP contribution in [0.4, 0.5) is 0 Å². The fraction of sp³-hybridized carbons (Fsp3) is 0.235. The molecule has 1 aliphatic heterocycles. The summed E-state index contributed by atoms with van der Waals surface area (Å²) in [5, 5.41) is 1.03. The topological polar surface area (TPSA) is 60.7 Å².